The Labute approximate surface area is 156 Å². The van der Waals surface area contributed by atoms with Crippen molar-refractivity contribution in [3.63, 3.8) is 0 Å². The fraction of sp³-hybridized carbons (Fsp3) is 0.286. The molecule has 27 heavy (non-hydrogen) atoms. The molecule has 3 nitrogen and oxygen atoms in total. The second kappa shape index (κ2) is 7.47. The molecule has 6 heteroatoms. The monoisotopic (exact) mass is 374 g/mol. The quantitative estimate of drug-likeness (QED) is 0.793. The Morgan fingerprint density at radius 3 is 2.52 bits per heavy atom. The molecule has 0 spiro atoms. The standard InChI is InChI=1S/C21H21F3N2O/c1-3-20(27)26-12-18(15-9-7-14(2)8-10-15)19(13-26)25-17-6-4-5-16(11-17)21(22,23)24/h3-11,18-19,25H,1,12-13H2,2H3/t18-,19+/m0/s1. The molecular weight excluding hydrogens is 353 g/mol. The van der Waals surface area contributed by atoms with E-state index < -0.39 is 11.7 Å². The van der Waals surface area contributed by atoms with Gasteiger partial charge < -0.3 is 10.2 Å². The van der Waals surface area contributed by atoms with Crippen molar-refractivity contribution in [2.24, 2.45) is 0 Å². The first kappa shape index (κ1) is 19.0. The lowest BCUT2D eigenvalue weighted by Crippen LogP contribution is -2.30. The number of halogens is 3. The van der Waals surface area contributed by atoms with Crippen LogP contribution in [0.4, 0.5) is 18.9 Å². The van der Waals surface area contributed by atoms with Gasteiger partial charge in [0.15, 0.2) is 0 Å². The van der Waals surface area contributed by atoms with E-state index in [1.165, 1.54) is 12.1 Å². The molecule has 1 saturated heterocycles. The number of hydrogen-bond acceptors (Lipinski definition) is 2. The maximum Gasteiger partial charge on any atom is 0.416 e. The van der Waals surface area contributed by atoms with Crippen molar-refractivity contribution in [2.45, 2.75) is 25.1 Å². The summed E-state index contributed by atoms with van der Waals surface area (Å²) in [5, 5.41) is 3.20. The fourth-order valence-corrected chi connectivity index (χ4v) is 3.41. The molecule has 1 amide bonds. The zero-order valence-corrected chi connectivity index (χ0v) is 15.0. The summed E-state index contributed by atoms with van der Waals surface area (Å²) in [4.78, 5) is 13.7. The van der Waals surface area contributed by atoms with Gasteiger partial charge in [-0.3, -0.25) is 4.79 Å². The van der Waals surface area contributed by atoms with Gasteiger partial charge in [0, 0.05) is 24.7 Å². The highest BCUT2D eigenvalue weighted by Crippen LogP contribution is 2.33. The van der Waals surface area contributed by atoms with Crippen LogP contribution in [0.3, 0.4) is 0 Å². The zero-order chi connectivity index (χ0) is 19.6. The third kappa shape index (κ3) is 4.32. The molecule has 0 unspecified atom stereocenters. The van der Waals surface area contributed by atoms with E-state index in [1.807, 2.05) is 31.2 Å². The van der Waals surface area contributed by atoms with Crippen LogP contribution in [0.15, 0.2) is 61.2 Å². The first-order chi connectivity index (χ1) is 12.8. The lowest BCUT2D eigenvalue weighted by Gasteiger charge is -2.22. The largest absolute Gasteiger partial charge is 0.416 e. The maximum atomic E-state index is 13.0. The van der Waals surface area contributed by atoms with Gasteiger partial charge in [-0.25, -0.2) is 0 Å². The Bertz CT molecular complexity index is 830. The predicted octanol–water partition coefficient (Wildman–Crippen LogP) is 4.61. The molecule has 0 aliphatic carbocycles. The second-order valence-electron chi connectivity index (χ2n) is 6.79. The summed E-state index contributed by atoms with van der Waals surface area (Å²) >= 11 is 0. The number of nitrogens with zero attached hydrogens (tertiary/aromatic N) is 1. The van der Waals surface area contributed by atoms with Crippen molar-refractivity contribution in [1.82, 2.24) is 4.90 Å². The van der Waals surface area contributed by atoms with Gasteiger partial charge in [-0.15, -0.1) is 0 Å². The van der Waals surface area contributed by atoms with Crippen LogP contribution >= 0.6 is 0 Å². The average molecular weight is 374 g/mol. The number of anilines is 1. The molecule has 1 aliphatic rings. The molecule has 142 valence electrons. The Morgan fingerprint density at radius 2 is 1.89 bits per heavy atom. The van der Waals surface area contributed by atoms with Gasteiger partial charge >= 0.3 is 6.18 Å². The lowest BCUT2D eigenvalue weighted by atomic mass is 9.93. The number of hydrogen-bond donors (Lipinski definition) is 1. The number of carbonyl (C=O) groups excluding carboxylic acids is 1. The highest BCUT2D eigenvalue weighted by atomic mass is 19.4. The average Bonchev–Trinajstić information content (AvgIpc) is 3.05. The lowest BCUT2D eigenvalue weighted by molar-refractivity contribution is -0.137. The first-order valence-electron chi connectivity index (χ1n) is 8.69. The Kier molecular flexibility index (Phi) is 5.26. The van der Waals surface area contributed by atoms with Crippen molar-refractivity contribution < 1.29 is 18.0 Å². The van der Waals surface area contributed by atoms with Crippen LogP contribution in [-0.2, 0) is 11.0 Å². The third-order valence-electron chi connectivity index (χ3n) is 4.85. The Morgan fingerprint density at radius 1 is 1.19 bits per heavy atom. The summed E-state index contributed by atoms with van der Waals surface area (Å²) in [7, 11) is 0. The number of nitrogens with one attached hydrogen (secondary N) is 1. The van der Waals surface area contributed by atoms with Gasteiger partial charge in [-0.05, 0) is 36.8 Å². The summed E-state index contributed by atoms with van der Waals surface area (Å²) in [5.74, 6) is -0.204. The number of benzene rings is 2. The minimum Gasteiger partial charge on any atom is -0.380 e. The van der Waals surface area contributed by atoms with Crippen molar-refractivity contribution in [1.29, 1.82) is 0 Å². The van der Waals surface area contributed by atoms with E-state index in [9.17, 15) is 18.0 Å². The molecule has 0 bridgehead atoms. The summed E-state index contributed by atoms with van der Waals surface area (Å²) in [6, 6.07) is 12.9. The molecule has 2 aromatic carbocycles. The fourth-order valence-electron chi connectivity index (χ4n) is 3.41. The normalized spacial score (nSPS) is 19.8. The van der Waals surface area contributed by atoms with Gasteiger partial charge in [0.2, 0.25) is 5.91 Å². The molecule has 1 aliphatic heterocycles. The van der Waals surface area contributed by atoms with Gasteiger partial charge in [0.05, 0.1) is 11.6 Å². The van der Waals surface area contributed by atoms with Gasteiger partial charge in [-0.2, -0.15) is 13.2 Å². The molecule has 3 rings (SSSR count). The maximum absolute atomic E-state index is 13.0. The highest BCUT2D eigenvalue weighted by Gasteiger charge is 2.36. The predicted molar refractivity (Wildman–Crippen MR) is 99.6 cm³/mol. The van der Waals surface area contributed by atoms with E-state index in [4.69, 9.17) is 0 Å². The number of rotatable bonds is 4. The SMILES string of the molecule is C=CC(=O)N1C[C@@H](Nc2cccc(C(F)(F)F)c2)[C@H](c2ccc(C)cc2)C1. The first-order valence-corrected chi connectivity index (χ1v) is 8.69. The molecule has 0 aromatic heterocycles. The van der Waals surface area contributed by atoms with Crippen LogP contribution in [-0.4, -0.2) is 29.9 Å². The summed E-state index contributed by atoms with van der Waals surface area (Å²) < 4.78 is 38.9. The molecule has 0 radical (unpaired) electrons. The minimum atomic E-state index is -4.39. The van der Waals surface area contributed by atoms with Crippen LogP contribution in [0.1, 0.15) is 22.6 Å². The molecule has 1 heterocycles. The molecular formula is C21H21F3N2O. The summed E-state index contributed by atoms with van der Waals surface area (Å²) in [6.07, 6.45) is -3.13. The Balaban J connectivity index is 1.87. The van der Waals surface area contributed by atoms with Crippen molar-refractivity contribution in [3.05, 3.63) is 77.9 Å². The van der Waals surface area contributed by atoms with Crippen LogP contribution in [0.5, 0.6) is 0 Å². The molecule has 0 saturated carbocycles. The molecule has 1 fully saturated rings. The van der Waals surface area contributed by atoms with E-state index >= 15 is 0 Å². The van der Waals surface area contributed by atoms with Crippen molar-refractivity contribution in [3.8, 4) is 0 Å². The molecule has 2 aromatic rings. The van der Waals surface area contributed by atoms with E-state index in [2.05, 4.69) is 11.9 Å². The summed E-state index contributed by atoms with van der Waals surface area (Å²) in [6.45, 7) is 6.41. The molecule has 1 N–H and O–H groups in total. The van der Waals surface area contributed by atoms with Crippen LogP contribution < -0.4 is 5.32 Å². The Hall–Kier alpha value is -2.76. The third-order valence-corrected chi connectivity index (χ3v) is 4.85. The number of likely N-dealkylation sites (tertiary alicyclic amines) is 1. The highest BCUT2D eigenvalue weighted by molar-refractivity contribution is 5.87. The summed E-state index contributed by atoms with van der Waals surface area (Å²) in [5.41, 5.74) is 1.86. The van der Waals surface area contributed by atoms with Gasteiger partial charge in [0.25, 0.3) is 0 Å². The topological polar surface area (TPSA) is 32.3 Å². The van der Waals surface area contributed by atoms with E-state index in [-0.39, 0.29) is 17.9 Å². The number of alkyl halides is 3. The van der Waals surface area contributed by atoms with Crippen molar-refractivity contribution in [2.75, 3.05) is 18.4 Å². The van der Waals surface area contributed by atoms with E-state index in [0.29, 0.717) is 18.8 Å². The van der Waals surface area contributed by atoms with Crippen LogP contribution in [0.25, 0.3) is 0 Å². The number of amides is 1. The van der Waals surface area contributed by atoms with Gasteiger partial charge in [-0.1, -0.05) is 42.5 Å². The smallest absolute Gasteiger partial charge is 0.380 e. The van der Waals surface area contributed by atoms with Crippen LogP contribution in [0.2, 0.25) is 0 Å². The van der Waals surface area contributed by atoms with Crippen LogP contribution in [0, 0.1) is 6.92 Å². The number of carbonyl (C=O) groups is 1. The van der Waals surface area contributed by atoms with Gasteiger partial charge in [0.1, 0.15) is 0 Å². The van der Waals surface area contributed by atoms with E-state index in [0.717, 1.165) is 23.3 Å². The second-order valence-corrected chi connectivity index (χ2v) is 6.79. The van der Waals surface area contributed by atoms with Crippen molar-refractivity contribution >= 4 is 11.6 Å². The number of aryl methyl sites for hydroxylation is 1. The minimum absolute atomic E-state index is 0.0240. The van der Waals surface area contributed by atoms with E-state index in [1.54, 1.807) is 11.0 Å². The molecule has 2 atom stereocenters. The zero-order valence-electron chi connectivity index (χ0n) is 15.0.